The second-order valence-corrected chi connectivity index (χ2v) is 16.7. The van der Waals surface area contributed by atoms with Crippen molar-refractivity contribution in [1.29, 1.82) is 0 Å². The van der Waals surface area contributed by atoms with Crippen molar-refractivity contribution < 1.29 is 24.0 Å². The number of piperidine rings is 2. The van der Waals surface area contributed by atoms with Gasteiger partial charge in [0.25, 0.3) is 17.7 Å². The molecule has 6 aliphatic rings. The smallest absolute Gasteiger partial charge is 0.262 e. The van der Waals surface area contributed by atoms with Crippen LogP contribution in [0.4, 0.5) is 22.7 Å². The molecule has 0 aromatic heterocycles. The third kappa shape index (κ3) is 6.34. The summed E-state index contributed by atoms with van der Waals surface area (Å²) in [5.41, 5.74) is 4.92. The van der Waals surface area contributed by atoms with Crippen molar-refractivity contribution in [3.63, 3.8) is 0 Å². The van der Waals surface area contributed by atoms with E-state index in [2.05, 4.69) is 49.2 Å². The molecule has 0 bridgehead atoms. The van der Waals surface area contributed by atoms with E-state index in [4.69, 9.17) is 18.2 Å². The fourth-order valence-corrected chi connectivity index (χ4v) is 9.80. The van der Waals surface area contributed by atoms with Gasteiger partial charge in [-0.3, -0.25) is 39.1 Å². The molecule has 5 saturated heterocycles. The van der Waals surface area contributed by atoms with E-state index in [0.717, 1.165) is 73.9 Å². The minimum Gasteiger partial charge on any atom is -0.380 e. The van der Waals surface area contributed by atoms with Crippen molar-refractivity contribution in [2.24, 2.45) is 5.41 Å². The van der Waals surface area contributed by atoms with Crippen molar-refractivity contribution in [1.82, 2.24) is 20.0 Å². The minimum absolute atomic E-state index is 0.0499. The number of likely N-dealkylation sites (tertiary alicyclic amines) is 2. The molecule has 1 spiro atoms. The van der Waals surface area contributed by atoms with E-state index in [1.165, 1.54) is 0 Å². The topological polar surface area (TPSA) is 130 Å². The molecule has 0 radical (unpaired) electrons. The van der Waals surface area contributed by atoms with Gasteiger partial charge in [-0.05, 0) is 92.6 Å². The number of hydrogen-bond acceptors (Lipinski definition) is 9. The monoisotopic (exact) mass is 774 g/mol. The second-order valence-electron chi connectivity index (χ2n) is 16.3. The molecule has 2 N–H and O–H groups in total. The molecule has 0 saturated carbocycles. The molecule has 3 aromatic carbocycles. The van der Waals surface area contributed by atoms with E-state index in [0.29, 0.717) is 41.4 Å². The normalized spacial score (nSPS) is 23.9. The van der Waals surface area contributed by atoms with Gasteiger partial charge < -0.3 is 20.0 Å². The zero-order valence-electron chi connectivity index (χ0n) is 31.2. The summed E-state index contributed by atoms with van der Waals surface area (Å²) < 4.78 is 0. The van der Waals surface area contributed by atoms with Gasteiger partial charge in [0.1, 0.15) is 6.04 Å². The largest absolute Gasteiger partial charge is 0.380 e. The Hall–Kier alpha value is -5.45. The number of rotatable bonds is 7. The van der Waals surface area contributed by atoms with Gasteiger partial charge in [0.2, 0.25) is 17.5 Å². The summed E-state index contributed by atoms with van der Waals surface area (Å²) in [6.07, 6.45) is 3.54. The Morgan fingerprint density at radius 3 is 2.32 bits per heavy atom. The number of nitrogens with one attached hydrogen (secondary N) is 2. The first kappa shape index (κ1) is 36.2. The van der Waals surface area contributed by atoms with Gasteiger partial charge in [0, 0.05) is 92.0 Å². The Kier molecular flexibility index (Phi) is 9.01. The molecule has 2 atom stereocenters. The van der Waals surface area contributed by atoms with Gasteiger partial charge >= 0.3 is 0 Å². The predicted molar refractivity (Wildman–Crippen MR) is 211 cm³/mol. The van der Waals surface area contributed by atoms with Crippen LogP contribution in [0.3, 0.4) is 0 Å². The van der Waals surface area contributed by atoms with Crippen LogP contribution in [0.25, 0.3) is 4.85 Å². The van der Waals surface area contributed by atoms with Gasteiger partial charge in [-0.25, -0.2) is 4.85 Å². The van der Waals surface area contributed by atoms with Crippen LogP contribution < -0.4 is 20.4 Å². The van der Waals surface area contributed by atoms with Crippen molar-refractivity contribution in [3.8, 4) is 0 Å². The first-order chi connectivity index (χ1) is 27.0. The molecule has 288 valence electrons. The predicted octanol–water partition coefficient (Wildman–Crippen LogP) is 4.80. The maximum absolute atomic E-state index is 13.4. The first-order valence-corrected chi connectivity index (χ1v) is 19.8. The molecule has 3 aromatic rings. The summed E-state index contributed by atoms with van der Waals surface area (Å²) >= 11 is 6.37. The van der Waals surface area contributed by atoms with Crippen LogP contribution in [0.1, 0.15) is 70.1 Å². The molecule has 6 aliphatic heterocycles. The second kappa shape index (κ2) is 13.9. The highest BCUT2D eigenvalue weighted by Crippen LogP contribution is 2.46. The Balaban J connectivity index is 0.726. The Morgan fingerprint density at radius 2 is 1.62 bits per heavy atom. The number of carbonyl (C=O) groups is 5. The number of amides is 5. The first-order valence-electron chi connectivity index (χ1n) is 19.4. The quantitative estimate of drug-likeness (QED) is 0.257. The Morgan fingerprint density at radius 1 is 0.911 bits per heavy atom. The average Bonchev–Trinajstić information content (AvgIpc) is 3.61. The zero-order valence-corrected chi connectivity index (χ0v) is 31.9. The lowest BCUT2D eigenvalue weighted by Crippen LogP contribution is -2.68. The number of anilines is 3. The summed E-state index contributed by atoms with van der Waals surface area (Å²) in [4.78, 5) is 77.1. The number of halogens is 1. The fraction of sp³-hybridized carbons (Fsp3) is 0.429. The van der Waals surface area contributed by atoms with E-state index >= 15 is 0 Å². The number of imide groups is 2. The molecule has 5 fully saturated rings. The third-order valence-corrected chi connectivity index (χ3v) is 13.1. The van der Waals surface area contributed by atoms with Gasteiger partial charge in [0.05, 0.1) is 23.7 Å². The van der Waals surface area contributed by atoms with Gasteiger partial charge in [-0.1, -0.05) is 17.7 Å². The third-order valence-electron chi connectivity index (χ3n) is 12.8. The van der Waals surface area contributed by atoms with Crippen molar-refractivity contribution in [3.05, 3.63) is 93.8 Å². The Labute approximate surface area is 330 Å². The summed E-state index contributed by atoms with van der Waals surface area (Å²) in [6.45, 7) is 15.5. The molecule has 6 heterocycles. The summed E-state index contributed by atoms with van der Waals surface area (Å²) in [7, 11) is 0. The number of benzene rings is 3. The average molecular weight is 775 g/mol. The molecule has 1 unspecified atom stereocenters. The molecular formula is C42H43ClN8O5. The van der Waals surface area contributed by atoms with Gasteiger partial charge in [0.15, 0.2) is 0 Å². The molecule has 5 amide bonds. The molecule has 0 aliphatic carbocycles. The maximum atomic E-state index is 13.4. The van der Waals surface area contributed by atoms with Gasteiger partial charge in [-0.15, -0.1) is 0 Å². The van der Waals surface area contributed by atoms with Crippen LogP contribution in [0.5, 0.6) is 0 Å². The van der Waals surface area contributed by atoms with Crippen LogP contribution in [0.15, 0.2) is 60.7 Å². The standard InChI is InChI=1S/C42H43ClN8O5/c1-25-19-42(24-50(25)30-8-10-35(44-2)34(43)18-30)13-15-47(16-14-42)29-6-3-26(4-7-29)39(54)49-22-31(23-49)48-20-28(21-48)45-27-5-9-32-33(17-27)41(56)51(40(32)55)36-11-12-37(52)46-38(36)53/h3-10,17-18,25,28,31,36,45H,11-16,19-24H2,1H3,(H,46,52,53)/t25-,36?/m0/s1. The lowest BCUT2D eigenvalue weighted by atomic mass is 9.76. The van der Waals surface area contributed by atoms with E-state index in [9.17, 15) is 24.0 Å². The van der Waals surface area contributed by atoms with E-state index in [-0.39, 0.29) is 41.3 Å². The lowest BCUT2D eigenvalue weighted by molar-refractivity contribution is -0.136. The molecule has 9 rings (SSSR count). The van der Waals surface area contributed by atoms with Crippen LogP contribution in [-0.4, -0.2) is 114 Å². The molecular weight excluding hydrogens is 732 g/mol. The summed E-state index contributed by atoms with van der Waals surface area (Å²) in [5.74, 6) is -2.01. The highest BCUT2D eigenvalue weighted by atomic mass is 35.5. The highest BCUT2D eigenvalue weighted by molar-refractivity contribution is 6.33. The molecule has 13 nitrogen and oxygen atoms in total. The molecule has 14 heteroatoms. The number of hydrogen-bond donors (Lipinski definition) is 2. The summed E-state index contributed by atoms with van der Waals surface area (Å²) in [5, 5.41) is 6.19. The number of nitrogens with zero attached hydrogens (tertiary/aromatic N) is 6. The number of carbonyl (C=O) groups excluding carboxylic acids is 5. The van der Waals surface area contributed by atoms with E-state index < -0.39 is 29.7 Å². The van der Waals surface area contributed by atoms with Crippen molar-refractivity contribution in [2.45, 2.75) is 63.2 Å². The SMILES string of the molecule is [C-]#[N+]c1ccc(N2CC3(CCN(c4ccc(C(=O)N5CC(N6CC(Nc7ccc8c(c7)C(=O)N(C7CCC(=O)NC7=O)C8=O)C6)C5)cc4)CC3)C[C@@H]2C)cc1Cl. The maximum Gasteiger partial charge on any atom is 0.262 e. The molecule has 56 heavy (non-hydrogen) atoms. The van der Waals surface area contributed by atoms with Crippen molar-refractivity contribution in [2.75, 3.05) is 60.9 Å². The Bertz CT molecular complexity index is 2190. The van der Waals surface area contributed by atoms with Gasteiger partial charge in [-0.2, -0.15) is 0 Å². The van der Waals surface area contributed by atoms with Crippen LogP contribution in [0.2, 0.25) is 5.02 Å². The van der Waals surface area contributed by atoms with Crippen LogP contribution >= 0.6 is 11.6 Å². The lowest BCUT2D eigenvalue weighted by Gasteiger charge is -2.52. The summed E-state index contributed by atoms with van der Waals surface area (Å²) in [6, 6.07) is 18.8. The van der Waals surface area contributed by atoms with E-state index in [1.807, 2.05) is 35.2 Å². The fourth-order valence-electron chi connectivity index (χ4n) is 9.58. The zero-order chi connectivity index (χ0) is 38.9. The van der Waals surface area contributed by atoms with Crippen molar-refractivity contribution >= 4 is 63.9 Å². The minimum atomic E-state index is -0.989. The van der Waals surface area contributed by atoms with Crippen LogP contribution in [0, 0.1) is 12.0 Å². The highest BCUT2D eigenvalue weighted by Gasteiger charge is 2.46. The van der Waals surface area contributed by atoms with Crippen LogP contribution in [-0.2, 0) is 9.59 Å². The van der Waals surface area contributed by atoms with E-state index in [1.54, 1.807) is 18.2 Å². The number of fused-ring (bicyclic) bond motifs is 1.